The van der Waals surface area contributed by atoms with Gasteiger partial charge in [-0.2, -0.15) is 0 Å². The second-order valence-corrected chi connectivity index (χ2v) is 3.71. The Morgan fingerprint density at radius 1 is 1.50 bits per heavy atom. The van der Waals surface area contributed by atoms with Gasteiger partial charge in [0.2, 0.25) is 0 Å². The summed E-state index contributed by atoms with van der Waals surface area (Å²) in [7, 11) is 1.72. The molecule has 1 saturated heterocycles. The molecule has 0 saturated carbocycles. The molecule has 0 unspecified atom stereocenters. The fraction of sp³-hybridized carbons (Fsp3) is 0.500. The number of aryl methyl sites for hydroxylation is 1. The Labute approximate surface area is 85.3 Å². The second kappa shape index (κ2) is 4.01. The standard InChI is InChI=1S/C12H17NO/c1-3-9-8-10(14-2)4-5-11(9)12-6-7-13-12/h4-5,8,12-13H,3,6-7H2,1-2H3/t12-/m1/s1. The van der Waals surface area contributed by atoms with E-state index in [1.165, 1.54) is 17.5 Å². The Hall–Kier alpha value is -1.02. The van der Waals surface area contributed by atoms with E-state index in [9.17, 15) is 0 Å². The molecule has 0 radical (unpaired) electrons. The summed E-state index contributed by atoms with van der Waals surface area (Å²) in [4.78, 5) is 0. The Balaban J connectivity index is 2.29. The van der Waals surface area contributed by atoms with Crippen molar-refractivity contribution in [2.75, 3.05) is 13.7 Å². The summed E-state index contributed by atoms with van der Waals surface area (Å²) in [5.74, 6) is 0.963. The van der Waals surface area contributed by atoms with E-state index < -0.39 is 0 Å². The zero-order chi connectivity index (χ0) is 9.97. The molecule has 2 nitrogen and oxygen atoms in total. The van der Waals surface area contributed by atoms with E-state index >= 15 is 0 Å². The van der Waals surface area contributed by atoms with Crippen LogP contribution in [0.25, 0.3) is 0 Å². The van der Waals surface area contributed by atoms with Crippen LogP contribution in [-0.2, 0) is 6.42 Å². The minimum absolute atomic E-state index is 0.579. The van der Waals surface area contributed by atoms with Crippen molar-refractivity contribution in [3.05, 3.63) is 29.3 Å². The van der Waals surface area contributed by atoms with Gasteiger partial charge in [0.15, 0.2) is 0 Å². The predicted octanol–water partition coefficient (Wildman–Crippen LogP) is 2.29. The van der Waals surface area contributed by atoms with Gasteiger partial charge in [-0.25, -0.2) is 0 Å². The summed E-state index contributed by atoms with van der Waals surface area (Å²) >= 11 is 0. The molecule has 0 spiro atoms. The number of ether oxygens (including phenoxy) is 1. The van der Waals surface area contributed by atoms with Gasteiger partial charge < -0.3 is 10.1 Å². The quantitative estimate of drug-likeness (QED) is 0.791. The zero-order valence-corrected chi connectivity index (χ0v) is 8.84. The lowest BCUT2D eigenvalue weighted by atomic mass is 9.92. The van der Waals surface area contributed by atoms with Crippen molar-refractivity contribution < 1.29 is 4.74 Å². The van der Waals surface area contributed by atoms with Crippen LogP contribution in [0.15, 0.2) is 18.2 Å². The minimum atomic E-state index is 0.579. The van der Waals surface area contributed by atoms with Gasteiger partial charge in [0.25, 0.3) is 0 Å². The molecule has 1 heterocycles. The summed E-state index contributed by atoms with van der Waals surface area (Å²) in [6.45, 7) is 3.34. The molecule has 1 aromatic rings. The topological polar surface area (TPSA) is 21.3 Å². The van der Waals surface area contributed by atoms with Crippen LogP contribution < -0.4 is 10.1 Å². The van der Waals surface area contributed by atoms with E-state index in [0.717, 1.165) is 18.7 Å². The van der Waals surface area contributed by atoms with Gasteiger partial charge >= 0.3 is 0 Å². The zero-order valence-electron chi connectivity index (χ0n) is 8.84. The largest absolute Gasteiger partial charge is 0.497 e. The van der Waals surface area contributed by atoms with Gasteiger partial charge in [0.05, 0.1) is 7.11 Å². The molecule has 0 aromatic heterocycles. The van der Waals surface area contributed by atoms with Crippen LogP contribution in [0, 0.1) is 0 Å². The van der Waals surface area contributed by atoms with Gasteiger partial charge in [-0.15, -0.1) is 0 Å². The number of hydrogen-bond donors (Lipinski definition) is 1. The van der Waals surface area contributed by atoms with Crippen molar-refractivity contribution >= 4 is 0 Å². The molecule has 1 aliphatic heterocycles. The first-order chi connectivity index (χ1) is 6.85. The molecule has 2 heteroatoms. The summed E-state index contributed by atoms with van der Waals surface area (Å²) < 4.78 is 5.22. The number of hydrogen-bond acceptors (Lipinski definition) is 2. The normalized spacial score (nSPS) is 20.3. The summed E-state index contributed by atoms with van der Waals surface area (Å²) in [5.41, 5.74) is 2.85. The van der Waals surface area contributed by atoms with Crippen LogP contribution >= 0.6 is 0 Å². The van der Waals surface area contributed by atoms with Crippen molar-refractivity contribution in [1.29, 1.82) is 0 Å². The molecule has 76 valence electrons. The lowest BCUT2D eigenvalue weighted by molar-refractivity contribution is 0.379. The molecule has 1 atom stereocenters. The van der Waals surface area contributed by atoms with Crippen molar-refractivity contribution in [3.8, 4) is 5.75 Å². The van der Waals surface area contributed by atoms with Crippen LogP contribution in [0.3, 0.4) is 0 Å². The van der Waals surface area contributed by atoms with Gasteiger partial charge in [-0.1, -0.05) is 13.0 Å². The molecule has 1 aromatic carbocycles. The van der Waals surface area contributed by atoms with Crippen molar-refractivity contribution in [3.63, 3.8) is 0 Å². The fourth-order valence-corrected chi connectivity index (χ4v) is 1.91. The summed E-state index contributed by atoms with van der Waals surface area (Å²) in [6, 6.07) is 6.97. The van der Waals surface area contributed by atoms with Crippen LogP contribution in [0.2, 0.25) is 0 Å². The lowest BCUT2D eigenvalue weighted by Gasteiger charge is -2.30. The second-order valence-electron chi connectivity index (χ2n) is 3.71. The first-order valence-corrected chi connectivity index (χ1v) is 5.25. The molecule has 14 heavy (non-hydrogen) atoms. The maximum Gasteiger partial charge on any atom is 0.119 e. The van der Waals surface area contributed by atoms with Crippen LogP contribution in [0.5, 0.6) is 5.75 Å². The van der Waals surface area contributed by atoms with E-state index in [4.69, 9.17) is 4.74 Å². The van der Waals surface area contributed by atoms with Gasteiger partial charge in [-0.3, -0.25) is 0 Å². The Bertz CT molecular complexity index is 318. The monoisotopic (exact) mass is 191 g/mol. The highest BCUT2D eigenvalue weighted by atomic mass is 16.5. The highest BCUT2D eigenvalue weighted by molar-refractivity contribution is 5.38. The molecular weight excluding hydrogens is 174 g/mol. The van der Waals surface area contributed by atoms with E-state index in [0.29, 0.717) is 6.04 Å². The molecule has 0 amide bonds. The Kier molecular flexibility index (Phi) is 2.73. The number of methoxy groups -OCH3 is 1. The van der Waals surface area contributed by atoms with Crippen LogP contribution in [0.4, 0.5) is 0 Å². The Morgan fingerprint density at radius 2 is 2.29 bits per heavy atom. The predicted molar refractivity (Wildman–Crippen MR) is 57.7 cm³/mol. The van der Waals surface area contributed by atoms with E-state index in [-0.39, 0.29) is 0 Å². The SMILES string of the molecule is CCc1cc(OC)ccc1[C@H]1CCN1. The first kappa shape index (κ1) is 9.53. The summed E-state index contributed by atoms with van der Waals surface area (Å²) in [5, 5.41) is 3.43. The third kappa shape index (κ3) is 1.62. The van der Waals surface area contributed by atoms with Gasteiger partial charge in [0, 0.05) is 6.04 Å². The Morgan fingerprint density at radius 3 is 2.79 bits per heavy atom. The smallest absolute Gasteiger partial charge is 0.119 e. The average Bonchev–Trinajstić information content (AvgIpc) is 2.16. The van der Waals surface area contributed by atoms with Crippen molar-refractivity contribution in [1.82, 2.24) is 5.32 Å². The van der Waals surface area contributed by atoms with E-state index in [1.807, 2.05) is 0 Å². The van der Waals surface area contributed by atoms with Gasteiger partial charge in [-0.05, 0) is 42.6 Å². The highest BCUT2D eigenvalue weighted by Crippen LogP contribution is 2.28. The maximum absolute atomic E-state index is 5.22. The number of benzene rings is 1. The van der Waals surface area contributed by atoms with E-state index in [2.05, 4.69) is 30.4 Å². The third-order valence-corrected chi connectivity index (χ3v) is 2.93. The summed E-state index contributed by atoms with van der Waals surface area (Å²) in [6.07, 6.45) is 2.34. The molecule has 0 aliphatic carbocycles. The average molecular weight is 191 g/mol. The molecule has 1 fully saturated rings. The van der Waals surface area contributed by atoms with E-state index in [1.54, 1.807) is 7.11 Å². The fourth-order valence-electron chi connectivity index (χ4n) is 1.91. The maximum atomic E-state index is 5.22. The minimum Gasteiger partial charge on any atom is -0.497 e. The van der Waals surface area contributed by atoms with Crippen LogP contribution in [0.1, 0.15) is 30.5 Å². The number of nitrogens with one attached hydrogen (secondary N) is 1. The molecule has 0 bridgehead atoms. The van der Waals surface area contributed by atoms with Gasteiger partial charge in [0.1, 0.15) is 5.75 Å². The third-order valence-electron chi connectivity index (χ3n) is 2.93. The molecule has 1 N–H and O–H groups in total. The highest BCUT2D eigenvalue weighted by Gasteiger charge is 2.20. The molecular formula is C12H17NO. The molecule has 2 rings (SSSR count). The van der Waals surface area contributed by atoms with Crippen LogP contribution in [-0.4, -0.2) is 13.7 Å². The number of rotatable bonds is 3. The van der Waals surface area contributed by atoms with Crippen molar-refractivity contribution in [2.24, 2.45) is 0 Å². The lowest BCUT2D eigenvalue weighted by Crippen LogP contribution is -2.35. The van der Waals surface area contributed by atoms with Crippen molar-refractivity contribution in [2.45, 2.75) is 25.8 Å². The first-order valence-electron chi connectivity index (χ1n) is 5.25. The molecule has 1 aliphatic rings.